The number of carbonyl (C=O) groups is 1. The zero-order valence-electron chi connectivity index (χ0n) is 11.8. The fourth-order valence-electron chi connectivity index (χ4n) is 2.42. The highest BCUT2D eigenvalue weighted by atomic mass is 16.5. The minimum atomic E-state index is -0.289. The van der Waals surface area contributed by atoms with Crippen LogP contribution in [0, 0.1) is 0 Å². The van der Waals surface area contributed by atoms with Gasteiger partial charge in [-0.2, -0.15) is 0 Å². The van der Waals surface area contributed by atoms with Crippen LogP contribution < -0.4 is 0 Å². The summed E-state index contributed by atoms with van der Waals surface area (Å²) in [6.07, 6.45) is -0.266. The van der Waals surface area contributed by atoms with Gasteiger partial charge in [0.15, 0.2) is 0 Å². The molecule has 0 aromatic heterocycles. The van der Waals surface area contributed by atoms with Crippen molar-refractivity contribution in [1.82, 2.24) is 0 Å². The Labute approximate surface area is 124 Å². The van der Waals surface area contributed by atoms with Gasteiger partial charge < -0.3 is 4.74 Å². The molecule has 104 valence electrons. The van der Waals surface area contributed by atoms with Crippen LogP contribution >= 0.6 is 0 Å². The van der Waals surface area contributed by atoms with E-state index in [1.807, 2.05) is 79.7 Å². The summed E-state index contributed by atoms with van der Waals surface area (Å²) in [5.74, 6) is -0.289. The maximum absolute atomic E-state index is 12.4. The smallest absolute Gasteiger partial charge is 0.339 e. The molecule has 0 aliphatic carbocycles. The van der Waals surface area contributed by atoms with Crippen LogP contribution in [0.15, 0.2) is 72.8 Å². The van der Waals surface area contributed by atoms with Crippen LogP contribution in [0.25, 0.3) is 10.8 Å². The lowest BCUT2D eigenvalue weighted by atomic mass is 10.0. The number of ether oxygens (including phenoxy) is 1. The molecule has 0 fully saturated rings. The largest absolute Gasteiger partial charge is 0.454 e. The average molecular weight is 276 g/mol. The molecule has 0 heterocycles. The van der Waals surface area contributed by atoms with Crippen molar-refractivity contribution in [1.29, 1.82) is 0 Å². The van der Waals surface area contributed by atoms with E-state index in [2.05, 4.69) is 0 Å². The molecule has 21 heavy (non-hydrogen) atoms. The molecule has 3 rings (SSSR count). The van der Waals surface area contributed by atoms with Gasteiger partial charge in [0.2, 0.25) is 0 Å². The Bertz CT molecular complexity index is 757. The first-order valence-corrected chi connectivity index (χ1v) is 6.99. The molecule has 0 bridgehead atoms. The fraction of sp³-hybridized carbons (Fsp3) is 0.105. The molecule has 0 amide bonds. The topological polar surface area (TPSA) is 26.3 Å². The van der Waals surface area contributed by atoms with E-state index in [-0.39, 0.29) is 12.1 Å². The average Bonchev–Trinajstić information content (AvgIpc) is 2.55. The number of benzene rings is 3. The first-order valence-electron chi connectivity index (χ1n) is 6.99. The lowest BCUT2D eigenvalue weighted by Crippen LogP contribution is -2.09. The standard InChI is InChI=1S/C19H16O2/c1-14(15-8-3-2-4-9-15)21-19(20)18-13-7-11-16-10-5-6-12-17(16)18/h2-14H,1H3. The minimum absolute atomic E-state index is 0.266. The Morgan fingerprint density at radius 1 is 0.857 bits per heavy atom. The van der Waals surface area contributed by atoms with Gasteiger partial charge in [-0.25, -0.2) is 4.79 Å². The van der Waals surface area contributed by atoms with Crippen molar-refractivity contribution in [2.45, 2.75) is 13.0 Å². The van der Waals surface area contributed by atoms with Crippen LogP contribution in [-0.2, 0) is 4.74 Å². The van der Waals surface area contributed by atoms with E-state index in [1.54, 1.807) is 0 Å². The predicted octanol–water partition coefficient (Wildman–Crippen LogP) is 4.76. The van der Waals surface area contributed by atoms with Crippen molar-refractivity contribution in [3.8, 4) is 0 Å². The van der Waals surface area contributed by atoms with Gasteiger partial charge in [0.1, 0.15) is 6.10 Å². The van der Waals surface area contributed by atoms with E-state index in [0.717, 1.165) is 16.3 Å². The van der Waals surface area contributed by atoms with Gasteiger partial charge in [-0.3, -0.25) is 0 Å². The van der Waals surface area contributed by atoms with E-state index in [0.29, 0.717) is 5.56 Å². The van der Waals surface area contributed by atoms with Gasteiger partial charge in [-0.15, -0.1) is 0 Å². The van der Waals surface area contributed by atoms with Crippen LogP contribution in [-0.4, -0.2) is 5.97 Å². The Balaban J connectivity index is 1.88. The number of hydrogen-bond acceptors (Lipinski definition) is 2. The summed E-state index contributed by atoms with van der Waals surface area (Å²) in [6, 6.07) is 23.3. The summed E-state index contributed by atoms with van der Waals surface area (Å²) >= 11 is 0. The summed E-state index contributed by atoms with van der Waals surface area (Å²) < 4.78 is 5.59. The second kappa shape index (κ2) is 5.80. The molecule has 2 heteroatoms. The molecule has 1 atom stereocenters. The highest BCUT2D eigenvalue weighted by Crippen LogP contribution is 2.23. The quantitative estimate of drug-likeness (QED) is 0.645. The van der Waals surface area contributed by atoms with Gasteiger partial charge >= 0.3 is 5.97 Å². The Morgan fingerprint density at radius 3 is 2.33 bits per heavy atom. The van der Waals surface area contributed by atoms with Crippen molar-refractivity contribution >= 4 is 16.7 Å². The van der Waals surface area contributed by atoms with Gasteiger partial charge in [0, 0.05) is 0 Å². The molecule has 3 aromatic carbocycles. The molecule has 3 aromatic rings. The lowest BCUT2D eigenvalue weighted by molar-refractivity contribution is 0.0340. The highest BCUT2D eigenvalue weighted by molar-refractivity contribution is 6.04. The zero-order chi connectivity index (χ0) is 14.7. The zero-order valence-corrected chi connectivity index (χ0v) is 11.8. The third-order valence-corrected chi connectivity index (χ3v) is 3.56. The maximum Gasteiger partial charge on any atom is 0.339 e. The van der Waals surface area contributed by atoms with E-state index in [4.69, 9.17) is 4.74 Å². The van der Waals surface area contributed by atoms with Crippen LogP contribution in [0.1, 0.15) is 28.9 Å². The summed E-state index contributed by atoms with van der Waals surface area (Å²) in [6.45, 7) is 1.89. The molecule has 0 aliphatic rings. The molecular weight excluding hydrogens is 260 g/mol. The van der Waals surface area contributed by atoms with E-state index in [1.165, 1.54) is 0 Å². The molecule has 1 unspecified atom stereocenters. The summed E-state index contributed by atoms with van der Waals surface area (Å²) in [4.78, 5) is 12.4. The first kappa shape index (κ1) is 13.4. The van der Waals surface area contributed by atoms with Crippen LogP contribution in [0.2, 0.25) is 0 Å². The molecule has 0 saturated carbocycles. The summed E-state index contributed by atoms with van der Waals surface area (Å²) in [5.41, 5.74) is 1.60. The lowest BCUT2D eigenvalue weighted by Gasteiger charge is -2.14. The molecule has 2 nitrogen and oxygen atoms in total. The van der Waals surface area contributed by atoms with Gasteiger partial charge in [-0.05, 0) is 29.3 Å². The number of esters is 1. The molecule has 0 saturated heterocycles. The van der Waals surface area contributed by atoms with Crippen LogP contribution in [0.5, 0.6) is 0 Å². The van der Waals surface area contributed by atoms with Crippen molar-refractivity contribution in [2.75, 3.05) is 0 Å². The third-order valence-electron chi connectivity index (χ3n) is 3.56. The monoisotopic (exact) mass is 276 g/mol. The summed E-state index contributed by atoms with van der Waals surface area (Å²) in [5, 5.41) is 1.96. The number of carbonyl (C=O) groups excluding carboxylic acids is 1. The normalized spacial score (nSPS) is 12.0. The number of hydrogen-bond donors (Lipinski definition) is 0. The highest BCUT2D eigenvalue weighted by Gasteiger charge is 2.15. The van der Waals surface area contributed by atoms with Gasteiger partial charge in [-0.1, -0.05) is 66.7 Å². The second-order valence-corrected chi connectivity index (χ2v) is 4.98. The minimum Gasteiger partial charge on any atom is -0.454 e. The summed E-state index contributed by atoms with van der Waals surface area (Å²) in [7, 11) is 0. The van der Waals surface area contributed by atoms with E-state index >= 15 is 0 Å². The van der Waals surface area contributed by atoms with Gasteiger partial charge in [0.05, 0.1) is 5.56 Å². The fourth-order valence-corrected chi connectivity index (χ4v) is 2.42. The van der Waals surface area contributed by atoms with Crippen LogP contribution in [0.3, 0.4) is 0 Å². The molecule has 0 radical (unpaired) electrons. The molecule has 0 aliphatic heterocycles. The third kappa shape index (κ3) is 2.79. The van der Waals surface area contributed by atoms with Crippen molar-refractivity contribution < 1.29 is 9.53 Å². The maximum atomic E-state index is 12.4. The van der Waals surface area contributed by atoms with Crippen LogP contribution in [0.4, 0.5) is 0 Å². The second-order valence-electron chi connectivity index (χ2n) is 4.98. The van der Waals surface area contributed by atoms with E-state index < -0.39 is 0 Å². The first-order chi connectivity index (χ1) is 10.3. The van der Waals surface area contributed by atoms with Gasteiger partial charge in [0.25, 0.3) is 0 Å². The molecule has 0 spiro atoms. The molecule has 0 N–H and O–H groups in total. The Morgan fingerprint density at radius 2 is 1.52 bits per heavy atom. The predicted molar refractivity (Wildman–Crippen MR) is 84.2 cm³/mol. The molecular formula is C19H16O2. The van der Waals surface area contributed by atoms with Crippen molar-refractivity contribution in [3.63, 3.8) is 0 Å². The SMILES string of the molecule is CC(OC(=O)c1cccc2ccccc12)c1ccccc1. The van der Waals surface area contributed by atoms with Crippen molar-refractivity contribution in [2.24, 2.45) is 0 Å². The Kier molecular flexibility index (Phi) is 3.69. The van der Waals surface area contributed by atoms with E-state index in [9.17, 15) is 4.79 Å². The van der Waals surface area contributed by atoms with Crippen molar-refractivity contribution in [3.05, 3.63) is 83.9 Å². The number of rotatable bonds is 3. The Hall–Kier alpha value is -2.61. The number of fused-ring (bicyclic) bond motifs is 1.